The number of hydrogen-bond acceptors (Lipinski definition) is 2. The molecule has 1 aliphatic carbocycles. The SMILES string of the molecule is CC(NC(=O)C1CC12CCNCC2)c1ccc(Cl)cc1. The molecule has 1 aromatic carbocycles. The van der Waals surface area contributed by atoms with Gasteiger partial charge in [-0.1, -0.05) is 23.7 Å². The standard InChI is InChI=1S/C16H21ClN2O/c1-11(12-2-4-13(17)5-3-12)19-15(20)14-10-16(14)6-8-18-9-7-16/h2-5,11,14,18H,6-10H2,1H3,(H,19,20). The van der Waals surface area contributed by atoms with Crippen molar-refractivity contribution in [3.63, 3.8) is 0 Å². The van der Waals surface area contributed by atoms with Crippen molar-refractivity contribution < 1.29 is 4.79 Å². The highest BCUT2D eigenvalue weighted by molar-refractivity contribution is 6.30. The van der Waals surface area contributed by atoms with Crippen molar-refractivity contribution in [3.05, 3.63) is 34.9 Å². The number of benzene rings is 1. The van der Waals surface area contributed by atoms with Crippen molar-refractivity contribution >= 4 is 17.5 Å². The summed E-state index contributed by atoms with van der Waals surface area (Å²) < 4.78 is 0. The van der Waals surface area contributed by atoms with Gasteiger partial charge in [-0.25, -0.2) is 0 Å². The molecule has 0 radical (unpaired) electrons. The van der Waals surface area contributed by atoms with E-state index < -0.39 is 0 Å². The van der Waals surface area contributed by atoms with Gasteiger partial charge < -0.3 is 10.6 Å². The molecule has 1 spiro atoms. The number of hydrogen-bond donors (Lipinski definition) is 2. The summed E-state index contributed by atoms with van der Waals surface area (Å²) >= 11 is 5.89. The van der Waals surface area contributed by atoms with Crippen LogP contribution in [0, 0.1) is 11.3 Å². The van der Waals surface area contributed by atoms with Crippen LogP contribution in [0.15, 0.2) is 24.3 Å². The Morgan fingerprint density at radius 3 is 2.65 bits per heavy atom. The molecule has 0 bridgehead atoms. The summed E-state index contributed by atoms with van der Waals surface area (Å²) in [5, 5.41) is 7.24. The van der Waals surface area contributed by atoms with Gasteiger partial charge in [-0.2, -0.15) is 0 Å². The molecule has 3 rings (SSSR count). The number of amides is 1. The lowest BCUT2D eigenvalue weighted by molar-refractivity contribution is -0.123. The van der Waals surface area contributed by atoms with Crippen LogP contribution in [0.2, 0.25) is 5.02 Å². The number of halogens is 1. The second-order valence-corrected chi connectivity index (χ2v) is 6.59. The van der Waals surface area contributed by atoms with Gasteiger partial charge >= 0.3 is 0 Å². The zero-order chi connectivity index (χ0) is 14.2. The number of carbonyl (C=O) groups excluding carboxylic acids is 1. The summed E-state index contributed by atoms with van der Waals surface area (Å²) in [6.07, 6.45) is 3.34. The molecule has 1 saturated carbocycles. The molecule has 4 heteroatoms. The molecule has 1 aromatic rings. The van der Waals surface area contributed by atoms with Crippen molar-refractivity contribution in [1.29, 1.82) is 0 Å². The fraction of sp³-hybridized carbons (Fsp3) is 0.562. The van der Waals surface area contributed by atoms with Crippen LogP contribution in [0.1, 0.15) is 37.8 Å². The molecule has 1 aliphatic heterocycles. The van der Waals surface area contributed by atoms with Crippen molar-refractivity contribution in [1.82, 2.24) is 10.6 Å². The maximum absolute atomic E-state index is 12.4. The first-order valence-corrected chi connectivity index (χ1v) is 7.75. The fourth-order valence-electron chi connectivity index (χ4n) is 3.34. The van der Waals surface area contributed by atoms with E-state index in [0.29, 0.717) is 5.41 Å². The molecule has 1 saturated heterocycles. The van der Waals surface area contributed by atoms with E-state index in [9.17, 15) is 4.79 Å². The molecule has 1 amide bonds. The summed E-state index contributed by atoms with van der Waals surface area (Å²) in [6, 6.07) is 7.72. The zero-order valence-electron chi connectivity index (χ0n) is 11.8. The molecule has 2 atom stereocenters. The minimum atomic E-state index is 0.0409. The molecular formula is C16H21ClN2O. The maximum Gasteiger partial charge on any atom is 0.224 e. The summed E-state index contributed by atoms with van der Waals surface area (Å²) in [6.45, 7) is 4.13. The lowest BCUT2D eigenvalue weighted by atomic mass is 9.91. The van der Waals surface area contributed by atoms with Gasteiger partial charge in [-0.15, -0.1) is 0 Å². The molecule has 2 N–H and O–H groups in total. The number of piperidine rings is 1. The Bertz CT molecular complexity index is 494. The third-order valence-corrected chi connectivity index (χ3v) is 5.09. The van der Waals surface area contributed by atoms with Crippen LogP contribution < -0.4 is 10.6 Å². The van der Waals surface area contributed by atoms with Gasteiger partial charge in [0.1, 0.15) is 0 Å². The predicted octanol–water partition coefficient (Wildman–Crippen LogP) is 2.91. The fourth-order valence-corrected chi connectivity index (χ4v) is 3.47. The Hall–Kier alpha value is -1.06. The largest absolute Gasteiger partial charge is 0.349 e. The number of carbonyl (C=O) groups is 1. The highest BCUT2D eigenvalue weighted by Gasteiger charge is 2.57. The molecule has 1 heterocycles. The molecule has 20 heavy (non-hydrogen) atoms. The van der Waals surface area contributed by atoms with Crippen molar-refractivity contribution in [3.8, 4) is 0 Å². The molecule has 108 valence electrons. The second-order valence-electron chi connectivity index (χ2n) is 6.15. The van der Waals surface area contributed by atoms with Crippen LogP contribution in [0.5, 0.6) is 0 Å². The van der Waals surface area contributed by atoms with E-state index in [0.717, 1.165) is 42.9 Å². The molecule has 3 nitrogen and oxygen atoms in total. The third-order valence-electron chi connectivity index (χ3n) is 4.83. The first-order chi connectivity index (χ1) is 9.61. The van der Waals surface area contributed by atoms with Crippen molar-refractivity contribution in [2.75, 3.05) is 13.1 Å². The Morgan fingerprint density at radius 1 is 1.35 bits per heavy atom. The van der Waals surface area contributed by atoms with E-state index in [1.807, 2.05) is 31.2 Å². The Labute approximate surface area is 125 Å². The molecule has 2 aliphatic rings. The topological polar surface area (TPSA) is 41.1 Å². The van der Waals surface area contributed by atoms with Crippen LogP contribution in [0.25, 0.3) is 0 Å². The summed E-state index contributed by atoms with van der Waals surface area (Å²) in [5.41, 5.74) is 1.40. The van der Waals surface area contributed by atoms with Crippen LogP contribution in [-0.4, -0.2) is 19.0 Å². The van der Waals surface area contributed by atoms with E-state index in [2.05, 4.69) is 10.6 Å². The van der Waals surface area contributed by atoms with Gasteiger partial charge in [-0.3, -0.25) is 4.79 Å². The molecule has 2 unspecified atom stereocenters. The van der Waals surface area contributed by atoms with E-state index in [-0.39, 0.29) is 17.9 Å². The van der Waals surface area contributed by atoms with Gasteiger partial charge in [0.15, 0.2) is 0 Å². The van der Waals surface area contributed by atoms with Gasteiger partial charge in [0.2, 0.25) is 5.91 Å². The van der Waals surface area contributed by atoms with Gasteiger partial charge in [0.25, 0.3) is 0 Å². The highest BCUT2D eigenvalue weighted by atomic mass is 35.5. The van der Waals surface area contributed by atoms with Crippen LogP contribution >= 0.6 is 11.6 Å². The zero-order valence-corrected chi connectivity index (χ0v) is 12.5. The Kier molecular flexibility index (Phi) is 3.74. The third kappa shape index (κ3) is 2.70. The lowest BCUT2D eigenvalue weighted by Crippen LogP contribution is -2.34. The van der Waals surface area contributed by atoms with Crippen LogP contribution in [0.4, 0.5) is 0 Å². The monoisotopic (exact) mass is 292 g/mol. The quantitative estimate of drug-likeness (QED) is 0.899. The predicted molar refractivity (Wildman–Crippen MR) is 80.7 cm³/mol. The van der Waals surface area contributed by atoms with E-state index in [4.69, 9.17) is 11.6 Å². The van der Waals surface area contributed by atoms with Crippen LogP contribution in [0.3, 0.4) is 0 Å². The molecule has 0 aromatic heterocycles. The van der Waals surface area contributed by atoms with Crippen molar-refractivity contribution in [2.45, 2.75) is 32.2 Å². The van der Waals surface area contributed by atoms with Gasteiger partial charge in [0, 0.05) is 10.9 Å². The Balaban J connectivity index is 1.58. The summed E-state index contributed by atoms with van der Waals surface area (Å²) in [5.74, 6) is 0.439. The number of nitrogens with one attached hydrogen (secondary N) is 2. The minimum Gasteiger partial charge on any atom is -0.349 e. The van der Waals surface area contributed by atoms with E-state index in [1.165, 1.54) is 0 Å². The maximum atomic E-state index is 12.4. The minimum absolute atomic E-state index is 0.0409. The molecule has 2 fully saturated rings. The summed E-state index contributed by atoms with van der Waals surface area (Å²) in [7, 11) is 0. The van der Waals surface area contributed by atoms with Gasteiger partial charge in [-0.05, 0) is 62.4 Å². The summed E-state index contributed by atoms with van der Waals surface area (Å²) in [4.78, 5) is 12.4. The average Bonchev–Trinajstić information content (AvgIpc) is 3.14. The second kappa shape index (κ2) is 5.38. The van der Waals surface area contributed by atoms with Crippen molar-refractivity contribution in [2.24, 2.45) is 11.3 Å². The number of rotatable bonds is 3. The smallest absolute Gasteiger partial charge is 0.224 e. The first kappa shape index (κ1) is 13.9. The van der Waals surface area contributed by atoms with Gasteiger partial charge in [0.05, 0.1) is 6.04 Å². The normalized spacial score (nSPS) is 25.2. The first-order valence-electron chi connectivity index (χ1n) is 7.37. The average molecular weight is 293 g/mol. The van der Waals surface area contributed by atoms with Crippen LogP contribution in [-0.2, 0) is 4.79 Å². The van der Waals surface area contributed by atoms with E-state index >= 15 is 0 Å². The van der Waals surface area contributed by atoms with E-state index in [1.54, 1.807) is 0 Å². The lowest BCUT2D eigenvalue weighted by Gasteiger charge is -2.23. The Morgan fingerprint density at radius 2 is 2.00 bits per heavy atom. The molecular weight excluding hydrogens is 272 g/mol. The highest BCUT2D eigenvalue weighted by Crippen LogP contribution is 2.58.